The molecule has 6 nitrogen and oxygen atoms in total. The Morgan fingerprint density at radius 1 is 1.14 bits per heavy atom. The van der Waals surface area contributed by atoms with Crippen molar-refractivity contribution in [2.24, 2.45) is 5.92 Å². The van der Waals surface area contributed by atoms with Gasteiger partial charge in [-0.2, -0.15) is 0 Å². The Morgan fingerprint density at radius 3 is 2.19 bits per heavy atom. The summed E-state index contributed by atoms with van der Waals surface area (Å²) in [7, 11) is 0. The second-order valence-electron chi connectivity index (χ2n) is 5.89. The molecule has 0 heterocycles. The van der Waals surface area contributed by atoms with E-state index >= 15 is 0 Å². The zero-order valence-electron chi connectivity index (χ0n) is 13.5. The van der Waals surface area contributed by atoms with Crippen molar-refractivity contribution >= 4 is 17.8 Å². The summed E-state index contributed by atoms with van der Waals surface area (Å²) in [5.41, 5.74) is -0.770. The first-order valence-corrected chi connectivity index (χ1v) is 7.50. The van der Waals surface area contributed by atoms with Crippen LogP contribution in [0.2, 0.25) is 0 Å². The highest BCUT2D eigenvalue weighted by atomic mass is 16.4. The smallest absolute Gasteiger partial charge is 0.305 e. The summed E-state index contributed by atoms with van der Waals surface area (Å²) in [5.74, 6) is -1.20. The molecule has 0 aliphatic heterocycles. The molecule has 6 heteroatoms. The zero-order chi connectivity index (χ0) is 16.5. The summed E-state index contributed by atoms with van der Waals surface area (Å²) in [4.78, 5) is 34.2. The molecule has 0 saturated carbocycles. The summed E-state index contributed by atoms with van der Waals surface area (Å²) in [6.07, 6.45) is 1.76. The molecule has 0 spiro atoms. The summed E-state index contributed by atoms with van der Waals surface area (Å²) in [6.45, 7) is 8.11. The average Bonchev–Trinajstić information content (AvgIpc) is 2.34. The van der Waals surface area contributed by atoms with Crippen LogP contribution in [0.1, 0.15) is 59.8 Å². The van der Waals surface area contributed by atoms with Crippen molar-refractivity contribution in [1.82, 2.24) is 10.6 Å². The Hall–Kier alpha value is -1.59. The van der Waals surface area contributed by atoms with Gasteiger partial charge in [0.2, 0.25) is 11.8 Å². The van der Waals surface area contributed by atoms with Crippen molar-refractivity contribution in [2.45, 2.75) is 65.3 Å². The molecule has 0 fully saturated rings. The van der Waals surface area contributed by atoms with Gasteiger partial charge >= 0.3 is 5.97 Å². The molecule has 3 N–H and O–H groups in total. The minimum Gasteiger partial charge on any atom is -0.481 e. The first kappa shape index (κ1) is 19.4. The lowest BCUT2D eigenvalue weighted by Gasteiger charge is -2.33. The Morgan fingerprint density at radius 2 is 1.71 bits per heavy atom. The second kappa shape index (κ2) is 9.37. The van der Waals surface area contributed by atoms with Gasteiger partial charge in [-0.15, -0.1) is 0 Å². The number of carboxylic acid groups (broad SMARTS) is 1. The molecule has 1 atom stereocenters. The molecule has 0 saturated heterocycles. The van der Waals surface area contributed by atoms with E-state index in [0.717, 1.165) is 6.42 Å². The van der Waals surface area contributed by atoms with E-state index in [0.29, 0.717) is 19.4 Å². The predicted octanol–water partition coefficient (Wildman–Crippen LogP) is 1.69. The van der Waals surface area contributed by atoms with Gasteiger partial charge in [0.1, 0.15) is 0 Å². The highest BCUT2D eigenvalue weighted by Gasteiger charge is 2.32. The zero-order valence-corrected chi connectivity index (χ0v) is 13.5. The molecule has 0 bridgehead atoms. The van der Waals surface area contributed by atoms with E-state index in [4.69, 9.17) is 5.11 Å². The molecule has 0 radical (unpaired) electrons. The normalized spacial score (nSPS) is 13.6. The number of carbonyl (C=O) groups is 3. The van der Waals surface area contributed by atoms with E-state index in [2.05, 4.69) is 10.6 Å². The van der Waals surface area contributed by atoms with Gasteiger partial charge in [0.25, 0.3) is 0 Å². The lowest BCUT2D eigenvalue weighted by molar-refractivity contribution is -0.139. The number of nitrogens with one attached hydrogen (secondary N) is 2. The molecule has 122 valence electrons. The van der Waals surface area contributed by atoms with E-state index in [1.165, 1.54) is 0 Å². The highest BCUT2D eigenvalue weighted by molar-refractivity contribution is 5.80. The summed E-state index contributed by atoms with van der Waals surface area (Å²) in [5, 5.41) is 14.5. The highest BCUT2D eigenvalue weighted by Crippen LogP contribution is 2.21. The number of hydrogen-bond acceptors (Lipinski definition) is 3. The van der Waals surface area contributed by atoms with Crippen LogP contribution >= 0.6 is 0 Å². The summed E-state index contributed by atoms with van der Waals surface area (Å²) < 4.78 is 0. The van der Waals surface area contributed by atoms with Gasteiger partial charge in [-0.05, 0) is 25.7 Å². The fourth-order valence-electron chi connectivity index (χ4n) is 1.85. The fraction of sp³-hybridized carbons (Fsp3) is 0.800. The van der Waals surface area contributed by atoms with E-state index in [1.54, 1.807) is 6.92 Å². The molecule has 0 aliphatic carbocycles. The van der Waals surface area contributed by atoms with Crippen molar-refractivity contribution in [3.8, 4) is 0 Å². The van der Waals surface area contributed by atoms with Crippen molar-refractivity contribution in [2.75, 3.05) is 6.54 Å². The van der Waals surface area contributed by atoms with E-state index < -0.39 is 11.5 Å². The maximum atomic E-state index is 11.9. The first-order valence-electron chi connectivity index (χ1n) is 7.50. The first-order chi connectivity index (χ1) is 9.71. The molecule has 0 aliphatic rings. The van der Waals surface area contributed by atoms with Gasteiger partial charge < -0.3 is 15.7 Å². The lowest BCUT2D eigenvalue weighted by Crippen LogP contribution is -2.51. The Labute approximate surface area is 126 Å². The van der Waals surface area contributed by atoms with Crippen LogP contribution in [0, 0.1) is 5.92 Å². The average molecular weight is 300 g/mol. The molecule has 2 amide bonds. The van der Waals surface area contributed by atoms with Crippen LogP contribution < -0.4 is 10.6 Å². The van der Waals surface area contributed by atoms with Crippen molar-refractivity contribution < 1.29 is 19.5 Å². The van der Waals surface area contributed by atoms with E-state index in [1.807, 2.05) is 20.8 Å². The van der Waals surface area contributed by atoms with E-state index in [-0.39, 0.29) is 30.6 Å². The Balaban J connectivity index is 4.21. The van der Waals surface area contributed by atoms with Crippen LogP contribution in [-0.4, -0.2) is 35.0 Å². The second-order valence-corrected chi connectivity index (χ2v) is 5.89. The largest absolute Gasteiger partial charge is 0.481 e. The number of aliphatic carboxylic acids is 1. The molecule has 0 aromatic rings. The van der Waals surface area contributed by atoms with Crippen molar-refractivity contribution in [1.29, 1.82) is 0 Å². The molecule has 0 aromatic heterocycles. The van der Waals surface area contributed by atoms with Gasteiger partial charge in [-0.25, -0.2) is 0 Å². The summed E-state index contributed by atoms with van der Waals surface area (Å²) in [6, 6.07) is 0. The topological polar surface area (TPSA) is 95.5 Å². The maximum absolute atomic E-state index is 11.9. The lowest BCUT2D eigenvalue weighted by atomic mass is 9.85. The molecule has 0 aromatic carbocycles. The van der Waals surface area contributed by atoms with Gasteiger partial charge in [0.05, 0.1) is 6.42 Å². The predicted molar refractivity (Wildman–Crippen MR) is 80.8 cm³/mol. The molecule has 1 unspecified atom stereocenters. The quantitative estimate of drug-likeness (QED) is 0.572. The van der Waals surface area contributed by atoms with Crippen molar-refractivity contribution in [3.63, 3.8) is 0 Å². The van der Waals surface area contributed by atoms with Crippen LogP contribution in [0.15, 0.2) is 0 Å². The van der Waals surface area contributed by atoms with Crippen LogP contribution in [0.3, 0.4) is 0 Å². The van der Waals surface area contributed by atoms with Crippen LogP contribution in [0.25, 0.3) is 0 Å². The third-order valence-electron chi connectivity index (χ3n) is 3.60. The van der Waals surface area contributed by atoms with Gasteiger partial charge in [-0.1, -0.05) is 20.8 Å². The van der Waals surface area contributed by atoms with Gasteiger partial charge in [0.15, 0.2) is 0 Å². The Kier molecular flexibility index (Phi) is 8.66. The van der Waals surface area contributed by atoms with Crippen LogP contribution in [0.5, 0.6) is 0 Å². The van der Waals surface area contributed by atoms with Crippen molar-refractivity contribution in [3.05, 3.63) is 0 Å². The molecular formula is C15H28N2O4. The number of amides is 2. The number of rotatable bonds is 10. The minimum atomic E-state index is -0.939. The molecule has 0 rings (SSSR count). The molecular weight excluding hydrogens is 272 g/mol. The summed E-state index contributed by atoms with van der Waals surface area (Å²) >= 11 is 0. The number of carboxylic acids is 1. The van der Waals surface area contributed by atoms with Gasteiger partial charge in [-0.3, -0.25) is 14.4 Å². The minimum absolute atomic E-state index is 0.00500. The maximum Gasteiger partial charge on any atom is 0.305 e. The van der Waals surface area contributed by atoms with Gasteiger partial charge in [0, 0.05) is 24.9 Å². The standard InChI is InChI=1S/C15H28N2O4/c1-5-9-16-12(18)7-6-8-13(19)17-15(4,11(2)3)10-14(20)21/h11H,5-10H2,1-4H3,(H,16,18)(H,17,19)(H,20,21). The van der Waals surface area contributed by atoms with Crippen LogP contribution in [-0.2, 0) is 14.4 Å². The monoisotopic (exact) mass is 300 g/mol. The van der Waals surface area contributed by atoms with Crippen LogP contribution in [0.4, 0.5) is 0 Å². The SMILES string of the molecule is CCCNC(=O)CCCC(=O)NC(C)(CC(=O)O)C(C)C. The fourth-order valence-corrected chi connectivity index (χ4v) is 1.85. The van der Waals surface area contributed by atoms with E-state index in [9.17, 15) is 14.4 Å². The number of carbonyl (C=O) groups excluding carboxylic acids is 2. The third kappa shape index (κ3) is 8.32. The number of hydrogen-bond donors (Lipinski definition) is 3. The third-order valence-corrected chi connectivity index (χ3v) is 3.60. The Bertz CT molecular complexity index is 369. The molecule has 21 heavy (non-hydrogen) atoms.